The predicted octanol–water partition coefficient (Wildman–Crippen LogP) is 3.48. The van der Waals surface area contributed by atoms with Crippen molar-refractivity contribution in [2.75, 3.05) is 25.5 Å². The molecule has 2 rings (SSSR count). The van der Waals surface area contributed by atoms with E-state index in [9.17, 15) is 4.39 Å². The van der Waals surface area contributed by atoms with Crippen molar-refractivity contribution in [2.45, 2.75) is 25.3 Å². The molecule has 1 aromatic rings. The first-order valence-corrected chi connectivity index (χ1v) is 6.84. The van der Waals surface area contributed by atoms with Crippen molar-refractivity contribution in [1.82, 2.24) is 4.90 Å². The van der Waals surface area contributed by atoms with Gasteiger partial charge in [0.1, 0.15) is 5.82 Å². The number of hydrogen-bond acceptors (Lipinski definition) is 2. The van der Waals surface area contributed by atoms with Crippen LogP contribution in [0.1, 0.15) is 19.3 Å². The zero-order valence-corrected chi connectivity index (χ0v) is 11.6. The monoisotopic (exact) mass is 300 g/mol. The molecule has 1 saturated heterocycles. The van der Waals surface area contributed by atoms with E-state index in [1.807, 2.05) is 0 Å². The number of anilines is 1. The van der Waals surface area contributed by atoms with Crippen LogP contribution >= 0.6 is 15.9 Å². The van der Waals surface area contributed by atoms with E-state index >= 15 is 0 Å². The van der Waals surface area contributed by atoms with Gasteiger partial charge in [0, 0.05) is 10.5 Å². The summed E-state index contributed by atoms with van der Waals surface area (Å²) in [4.78, 5) is 2.35. The lowest BCUT2D eigenvalue weighted by Gasteiger charge is -2.19. The maximum atomic E-state index is 13.2. The topological polar surface area (TPSA) is 15.3 Å². The Hall–Kier alpha value is -0.610. The minimum absolute atomic E-state index is 0.193. The molecular formula is C13H18BrFN2. The minimum Gasteiger partial charge on any atom is -0.381 e. The molecular weight excluding hydrogens is 283 g/mol. The molecule has 0 saturated carbocycles. The van der Waals surface area contributed by atoms with E-state index in [2.05, 4.69) is 33.2 Å². The van der Waals surface area contributed by atoms with E-state index < -0.39 is 0 Å². The fourth-order valence-corrected chi connectivity index (χ4v) is 2.57. The fraction of sp³-hybridized carbons (Fsp3) is 0.538. The van der Waals surface area contributed by atoms with Gasteiger partial charge in [0.2, 0.25) is 0 Å². The Morgan fingerprint density at radius 3 is 3.00 bits per heavy atom. The summed E-state index contributed by atoms with van der Waals surface area (Å²) >= 11 is 3.45. The first kappa shape index (κ1) is 12.8. The van der Waals surface area contributed by atoms with Crippen LogP contribution in [0, 0.1) is 5.82 Å². The summed E-state index contributed by atoms with van der Waals surface area (Å²) in [6, 6.07) is 5.22. The molecule has 1 aliphatic heterocycles. The van der Waals surface area contributed by atoms with Gasteiger partial charge in [0.15, 0.2) is 0 Å². The van der Waals surface area contributed by atoms with E-state index in [0.29, 0.717) is 6.04 Å². The summed E-state index contributed by atoms with van der Waals surface area (Å²) in [6.07, 6.45) is 3.45. The first-order valence-electron chi connectivity index (χ1n) is 6.05. The lowest BCUT2D eigenvalue weighted by molar-refractivity contribution is 0.348. The second-order valence-electron chi connectivity index (χ2n) is 4.70. The van der Waals surface area contributed by atoms with Crippen molar-refractivity contribution in [2.24, 2.45) is 0 Å². The van der Waals surface area contributed by atoms with Crippen molar-refractivity contribution in [3.63, 3.8) is 0 Å². The number of likely N-dealkylation sites (tertiary alicyclic amines) is 1. The molecule has 1 fully saturated rings. The Labute approximate surface area is 110 Å². The van der Waals surface area contributed by atoms with Crippen LogP contribution in [-0.2, 0) is 0 Å². The molecule has 4 heteroatoms. The van der Waals surface area contributed by atoms with Gasteiger partial charge in [0.25, 0.3) is 0 Å². The third-order valence-electron chi connectivity index (χ3n) is 3.24. The summed E-state index contributed by atoms with van der Waals surface area (Å²) in [5, 5.41) is 3.44. The Morgan fingerprint density at radius 2 is 2.18 bits per heavy atom. The quantitative estimate of drug-likeness (QED) is 0.899. The average molecular weight is 301 g/mol. The molecule has 0 amide bonds. The fourth-order valence-electron chi connectivity index (χ4n) is 2.21. The Bertz CT molecular complexity index is 384. The minimum atomic E-state index is -0.193. The van der Waals surface area contributed by atoms with Crippen LogP contribution in [0.15, 0.2) is 22.7 Å². The molecule has 1 heterocycles. The molecule has 1 N–H and O–H groups in total. The lowest BCUT2D eigenvalue weighted by atomic mass is 10.1. The predicted molar refractivity (Wildman–Crippen MR) is 72.9 cm³/mol. The molecule has 0 aliphatic carbocycles. The van der Waals surface area contributed by atoms with Gasteiger partial charge < -0.3 is 10.2 Å². The summed E-state index contributed by atoms with van der Waals surface area (Å²) in [6.45, 7) is 2.26. The van der Waals surface area contributed by atoms with E-state index in [0.717, 1.165) is 36.1 Å². The number of nitrogens with zero attached hydrogens (tertiary/aromatic N) is 1. The molecule has 0 radical (unpaired) electrons. The molecule has 1 atom stereocenters. The van der Waals surface area contributed by atoms with Gasteiger partial charge in [-0.25, -0.2) is 4.39 Å². The summed E-state index contributed by atoms with van der Waals surface area (Å²) < 4.78 is 14.1. The van der Waals surface area contributed by atoms with Crippen LogP contribution in [0.5, 0.6) is 0 Å². The third-order valence-corrected chi connectivity index (χ3v) is 3.93. The van der Waals surface area contributed by atoms with Gasteiger partial charge in [-0.05, 0) is 73.5 Å². The van der Waals surface area contributed by atoms with Gasteiger partial charge in [-0.2, -0.15) is 0 Å². The highest BCUT2D eigenvalue weighted by molar-refractivity contribution is 9.10. The number of hydrogen-bond donors (Lipinski definition) is 1. The standard InChI is InChI=1S/C13H18BrFN2/c1-17-7-2-3-11(6-8-17)16-13-9-10(15)4-5-12(13)14/h4-5,9,11,16H,2-3,6-8H2,1H3. The van der Waals surface area contributed by atoms with Gasteiger partial charge in [0.05, 0.1) is 5.69 Å². The van der Waals surface area contributed by atoms with Crippen LogP contribution in [0.2, 0.25) is 0 Å². The van der Waals surface area contributed by atoms with E-state index in [4.69, 9.17) is 0 Å². The largest absolute Gasteiger partial charge is 0.381 e. The number of halogens is 2. The first-order chi connectivity index (χ1) is 8.15. The molecule has 0 bridgehead atoms. The zero-order chi connectivity index (χ0) is 12.3. The van der Waals surface area contributed by atoms with Crippen LogP contribution < -0.4 is 5.32 Å². The molecule has 17 heavy (non-hydrogen) atoms. The molecule has 2 nitrogen and oxygen atoms in total. The smallest absolute Gasteiger partial charge is 0.125 e. The number of benzene rings is 1. The summed E-state index contributed by atoms with van der Waals surface area (Å²) in [5.41, 5.74) is 0.861. The van der Waals surface area contributed by atoms with Crippen LogP contribution in [0.25, 0.3) is 0 Å². The normalized spacial score (nSPS) is 22.2. The van der Waals surface area contributed by atoms with Crippen LogP contribution in [0.4, 0.5) is 10.1 Å². The van der Waals surface area contributed by atoms with Gasteiger partial charge in [-0.3, -0.25) is 0 Å². The maximum Gasteiger partial charge on any atom is 0.125 e. The maximum absolute atomic E-state index is 13.2. The average Bonchev–Trinajstić information content (AvgIpc) is 2.49. The van der Waals surface area contributed by atoms with Crippen molar-refractivity contribution in [1.29, 1.82) is 0 Å². The van der Waals surface area contributed by atoms with E-state index in [1.165, 1.54) is 12.5 Å². The second-order valence-corrected chi connectivity index (χ2v) is 5.55. The lowest BCUT2D eigenvalue weighted by Crippen LogP contribution is -2.23. The molecule has 0 aromatic heterocycles. The van der Waals surface area contributed by atoms with Gasteiger partial charge in [-0.15, -0.1) is 0 Å². The van der Waals surface area contributed by atoms with Crippen molar-refractivity contribution in [3.8, 4) is 0 Å². The molecule has 0 spiro atoms. The zero-order valence-electron chi connectivity index (χ0n) is 10.0. The molecule has 1 aromatic carbocycles. The molecule has 94 valence electrons. The highest BCUT2D eigenvalue weighted by Gasteiger charge is 2.15. The SMILES string of the molecule is CN1CCCC(Nc2cc(F)ccc2Br)CC1. The van der Waals surface area contributed by atoms with Gasteiger partial charge in [-0.1, -0.05) is 0 Å². The second kappa shape index (κ2) is 5.83. The highest BCUT2D eigenvalue weighted by atomic mass is 79.9. The third kappa shape index (κ3) is 3.68. The summed E-state index contributed by atoms with van der Waals surface area (Å²) in [7, 11) is 2.15. The number of nitrogens with one attached hydrogen (secondary N) is 1. The van der Waals surface area contributed by atoms with Gasteiger partial charge >= 0.3 is 0 Å². The Kier molecular flexibility index (Phi) is 4.40. The van der Waals surface area contributed by atoms with Crippen molar-refractivity contribution < 1.29 is 4.39 Å². The van der Waals surface area contributed by atoms with Crippen molar-refractivity contribution in [3.05, 3.63) is 28.5 Å². The van der Waals surface area contributed by atoms with E-state index in [-0.39, 0.29) is 5.82 Å². The molecule has 1 aliphatic rings. The van der Waals surface area contributed by atoms with Crippen LogP contribution in [0.3, 0.4) is 0 Å². The Morgan fingerprint density at radius 1 is 1.35 bits per heavy atom. The van der Waals surface area contributed by atoms with Crippen LogP contribution in [-0.4, -0.2) is 31.1 Å². The van der Waals surface area contributed by atoms with Crippen molar-refractivity contribution >= 4 is 21.6 Å². The number of rotatable bonds is 2. The summed E-state index contributed by atoms with van der Waals surface area (Å²) in [5.74, 6) is -0.193. The molecule has 1 unspecified atom stereocenters. The Balaban J connectivity index is 2.02. The van der Waals surface area contributed by atoms with E-state index in [1.54, 1.807) is 12.1 Å². The highest BCUT2D eigenvalue weighted by Crippen LogP contribution is 2.25.